The van der Waals surface area contributed by atoms with Gasteiger partial charge in [-0.05, 0) is 19.5 Å². The van der Waals surface area contributed by atoms with Crippen molar-refractivity contribution in [2.24, 2.45) is 0 Å². The molecule has 0 atom stereocenters. The standard InChI is InChI=1S/C17H21N5O3/c1-4-22(9-15-18-14(11-23-3)20-24-15)10-16-19-17(21-25-16)13-7-5-6-12(2)8-13/h5-8H,4,9-11H2,1-3H3. The normalized spacial score (nSPS) is 11.4. The van der Waals surface area contributed by atoms with Gasteiger partial charge in [-0.1, -0.05) is 41.0 Å². The Morgan fingerprint density at radius 1 is 1.08 bits per heavy atom. The topological polar surface area (TPSA) is 90.3 Å². The molecule has 0 spiro atoms. The molecule has 0 radical (unpaired) electrons. The Balaban J connectivity index is 1.65. The third kappa shape index (κ3) is 4.49. The number of aryl methyl sites for hydroxylation is 1. The molecule has 0 aliphatic carbocycles. The second-order valence-corrected chi connectivity index (χ2v) is 5.72. The zero-order valence-electron chi connectivity index (χ0n) is 14.6. The average molecular weight is 343 g/mol. The van der Waals surface area contributed by atoms with Crippen LogP contribution in [0.5, 0.6) is 0 Å². The molecule has 0 amide bonds. The molecule has 25 heavy (non-hydrogen) atoms. The molecule has 0 saturated heterocycles. The zero-order valence-corrected chi connectivity index (χ0v) is 14.6. The third-order valence-corrected chi connectivity index (χ3v) is 3.69. The lowest BCUT2D eigenvalue weighted by atomic mass is 10.1. The van der Waals surface area contributed by atoms with Crippen LogP contribution in [-0.4, -0.2) is 38.8 Å². The van der Waals surface area contributed by atoms with Gasteiger partial charge >= 0.3 is 0 Å². The van der Waals surface area contributed by atoms with Crippen LogP contribution in [0.3, 0.4) is 0 Å². The summed E-state index contributed by atoms with van der Waals surface area (Å²) in [5.41, 5.74) is 2.10. The van der Waals surface area contributed by atoms with Crippen LogP contribution < -0.4 is 0 Å². The molecule has 0 saturated carbocycles. The first kappa shape index (κ1) is 17.2. The largest absolute Gasteiger partial charge is 0.377 e. The third-order valence-electron chi connectivity index (χ3n) is 3.69. The second kappa shape index (κ2) is 8.00. The highest BCUT2D eigenvalue weighted by molar-refractivity contribution is 5.55. The molecule has 1 aromatic carbocycles. The Morgan fingerprint density at radius 2 is 1.84 bits per heavy atom. The Bertz CT molecular complexity index is 814. The number of hydrogen-bond acceptors (Lipinski definition) is 8. The van der Waals surface area contributed by atoms with Gasteiger partial charge in [0.15, 0.2) is 5.82 Å². The quantitative estimate of drug-likeness (QED) is 0.616. The van der Waals surface area contributed by atoms with Crippen LogP contribution >= 0.6 is 0 Å². The summed E-state index contributed by atoms with van der Waals surface area (Å²) in [6.45, 7) is 6.21. The molecule has 2 aromatic heterocycles. The number of ether oxygens (including phenoxy) is 1. The first-order valence-corrected chi connectivity index (χ1v) is 8.10. The SMILES string of the molecule is CCN(Cc1nc(COC)no1)Cc1nc(-c2cccc(C)c2)no1. The Labute approximate surface area is 145 Å². The van der Waals surface area contributed by atoms with E-state index in [-0.39, 0.29) is 0 Å². The van der Waals surface area contributed by atoms with Gasteiger partial charge in [-0.25, -0.2) is 0 Å². The minimum absolute atomic E-state index is 0.332. The molecule has 8 nitrogen and oxygen atoms in total. The van der Waals surface area contributed by atoms with Crippen molar-refractivity contribution in [3.63, 3.8) is 0 Å². The predicted molar refractivity (Wildman–Crippen MR) is 89.3 cm³/mol. The van der Waals surface area contributed by atoms with E-state index in [1.54, 1.807) is 7.11 Å². The van der Waals surface area contributed by atoms with Gasteiger partial charge in [0.25, 0.3) is 0 Å². The summed E-state index contributed by atoms with van der Waals surface area (Å²) in [6, 6.07) is 8.01. The molecule has 0 fully saturated rings. The number of aromatic nitrogens is 4. The van der Waals surface area contributed by atoms with E-state index >= 15 is 0 Å². The van der Waals surface area contributed by atoms with Crippen molar-refractivity contribution in [1.29, 1.82) is 0 Å². The van der Waals surface area contributed by atoms with Gasteiger partial charge in [-0.15, -0.1) is 0 Å². The van der Waals surface area contributed by atoms with Gasteiger partial charge in [0, 0.05) is 12.7 Å². The maximum atomic E-state index is 5.38. The molecule has 0 N–H and O–H groups in total. The summed E-state index contributed by atoms with van der Waals surface area (Å²) >= 11 is 0. The smallest absolute Gasteiger partial charge is 0.241 e. The summed E-state index contributed by atoms with van der Waals surface area (Å²) in [5, 5.41) is 7.93. The van der Waals surface area contributed by atoms with Gasteiger partial charge < -0.3 is 13.8 Å². The van der Waals surface area contributed by atoms with E-state index in [9.17, 15) is 0 Å². The van der Waals surface area contributed by atoms with Gasteiger partial charge in [0.2, 0.25) is 17.6 Å². The van der Waals surface area contributed by atoms with Crippen LogP contribution in [0, 0.1) is 6.92 Å². The molecule has 3 rings (SSSR count). The number of nitrogens with zero attached hydrogens (tertiary/aromatic N) is 5. The Kier molecular flexibility index (Phi) is 5.52. The van der Waals surface area contributed by atoms with E-state index in [1.165, 1.54) is 0 Å². The van der Waals surface area contributed by atoms with Gasteiger partial charge in [0.05, 0.1) is 13.1 Å². The van der Waals surface area contributed by atoms with E-state index in [0.717, 1.165) is 17.7 Å². The number of benzene rings is 1. The van der Waals surface area contributed by atoms with Crippen LogP contribution in [0.2, 0.25) is 0 Å². The monoisotopic (exact) mass is 343 g/mol. The van der Waals surface area contributed by atoms with E-state index in [4.69, 9.17) is 13.8 Å². The summed E-state index contributed by atoms with van der Waals surface area (Å²) in [7, 11) is 1.59. The molecule has 3 aromatic rings. The number of hydrogen-bond donors (Lipinski definition) is 0. The molecule has 8 heteroatoms. The minimum atomic E-state index is 0.332. The molecule has 0 unspecified atom stereocenters. The van der Waals surface area contributed by atoms with E-state index in [2.05, 4.69) is 25.2 Å². The molecule has 0 aliphatic heterocycles. The summed E-state index contributed by atoms with van der Waals surface area (Å²) in [6.07, 6.45) is 0. The van der Waals surface area contributed by atoms with Gasteiger partial charge in [-0.2, -0.15) is 9.97 Å². The highest BCUT2D eigenvalue weighted by Gasteiger charge is 2.15. The van der Waals surface area contributed by atoms with Gasteiger partial charge in [-0.3, -0.25) is 4.90 Å². The lowest BCUT2D eigenvalue weighted by Gasteiger charge is -2.15. The van der Waals surface area contributed by atoms with Gasteiger partial charge in [0.1, 0.15) is 6.61 Å². The lowest BCUT2D eigenvalue weighted by Crippen LogP contribution is -2.22. The van der Waals surface area contributed by atoms with E-state index in [1.807, 2.05) is 38.1 Å². The van der Waals surface area contributed by atoms with E-state index < -0.39 is 0 Å². The average Bonchev–Trinajstić information content (AvgIpc) is 3.24. The molecule has 2 heterocycles. The molecule has 132 valence electrons. The van der Waals surface area contributed by atoms with Crippen LogP contribution in [0.4, 0.5) is 0 Å². The number of rotatable bonds is 8. The maximum Gasteiger partial charge on any atom is 0.241 e. The Morgan fingerprint density at radius 3 is 2.56 bits per heavy atom. The van der Waals surface area contributed by atoms with Crippen LogP contribution in [0.25, 0.3) is 11.4 Å². The van der Waals surface area contributed by atoms with Crippen molar-refractivity contribution in [3.8, 4) is 11.4 Å². The van der Waals surface area contributed by atoms with Crippen molar-refractivity contribution < 1.29 is 13.8 Å². The molecule has 0 bridgehead atoms. The summed E-state index contributed by atoms with van der Waals surface area (Å²) in [4.78, 5) is 10.8. The fourth-order valence-electron chi connectivity index (χ4n) is 2.42. The van der Waals surface area contributed by atoms with Crippen molar-refractivity contribution in [1.82, 2.24) is 25.2 Å². The van der Waals surface area contributed by atoms with Crippen LogP contribution in [0.1, 0.15) is 30.1 Å². The lowest BCUT2D eigenvalue weighted by molar-refractivity contribution is 0.174. The summed E-state index contributed by atoms with van der Waals surface area (Å²) < 4.78 is 15.6. The predicted octanol–water partition coefficient (Wildman–Crippen LogP) is 2.60. The number of methoxy groups -OCH3 is 1. The zero-order chi connectivity index (χ0) is 17.6. The minimum Gasteiger partial charge on any atom is -0.377 e. The first-order valence-electron chi connectivity index (χ1n) is 8.10. The molecular formula is C17H21N5O3. The fourth-order valence-corrected chi connectivity index (χ4v) is 2.42. The van der Waals surface area contributed by atoms with Crippen molar-refractivity contribution >= 4 is 0 Å². The Hall–Kier alpha value is -2.58. The fraction of sp³-hybridized carbons (Fsp3) is 0.412. The maximum absolute atomic E-state index is 5.38. The second-order valence-electron chi connectivity index (χ2n) is 5.72. The summed E-state index contributed by atoms with van der Waals surface area (Å²) in [5.74, 6) is 2.21. The van der Waals surface area contributed by atoms with Crippen molar-refractivity contribution in [2.45, 2.75) is 33.5 Å². The molecular weight excluding hydrogens is 322 g/mol. The molecule has 0 aliphatic rings. The van der Waals surface area contributed by atoms with E-state index in [0.29, 0.717) is 43.1 Å². The van der Waals surface area contributed by atoms with Crippen molar-refractivity contribution in [2.75, 3.05) is 13.7 Å². The van der Waals surface area contributed by atoms with Crippen LogP contribution in [0.15, 0.2) is 33.3 Å². The van der Waals surface area contributed by atoms with Crippen molar-refractivity contribution in [3.05, 3.63) is 47.4 Å². The highest BCUT2D eigenvalue weighted by Crippen LogP contribution is 2.18. The van der Waals surface area contributed by atoms with Crippen LogP contribution in [-0.2, 0) is 24.4 Å². The first-order chi connectivity index (χ1) is 12.2. The highest BCUT2D eigenvalue weighted by atomic mass is 16.5.